The average Bonchev–Trinajstić information content (AvgIpc) is 2.70. The predicted octanol–water partition coefficient (Wildman–Crippen LogP) is 3.32. The molecule has 1 saturated heterocycles. The molecule has 1 aliphatic heterocycles. The summed E-state index contributed by atoms with van der Waals surface area (Å²) in [5.74, 6) is 0.0858. The molecule has 3 rings (SSSR count). The number of hydrogen-bond donors (Lipinski definition) is 1. The van der Waals surface area contributed by atoms with E-state index in [9.17, 15) is 14.0 Å². The molecule has 0 spiro atoms. The first-order chi connectivity index (χ1) is 13.9. The lowest BCUT2D eigenvalue weighted by molar-refractivity contribution is -0.130. The molecule has 1 fully saturated rings. The van der Waals surface area contributed by atoms with Crippen molar-refractivity contribution in [2.75, 3.05) is 43.8 Å². The normalized spacial score (nSPS) is 14.7. The van der Waals surface area contributed by atoms with Crippen LogP contribution in [0.5, 0.6) is 0 Å². The maximum Gasteiger partial charge on any atom is 0.238 e. The van der Waals surface area contributed by atoms with Crippen LogP contribution in [0.25, 0.3) is 0 Å². The number of hydrogen-bond acceptors (Lipinski definition) is 4. The fraction of sp³-hybridized carbons (Fsp3) is 0.364. The number of nitrogens with zero attached hydrogens (tertiary/aromatic N) is 2. The zero-order chi connectivity index (χ0) is 20.8. The Labute approximate surface area is 175 Å². The van der Waals surface area contributed by atoms with Crippen molar-refractivity contribution in [2.24, 2.45) is 0 Å². The van der Waals surface area contributed by atoms with Crippen LogP contribution in [-0.2, 0) is 9.59 Å². The summed E-state index contributed by atoms with van der Waals surface area (Å²) in [5, 5.41) is 2.77. The maximum atomic E-state index is 12.9. The Kier molecular flexibility index (Phi) is 7.28. The van der Waals surface area contributed by atoms with Crippen LogP contribution < -0.4 is 5.32 Å². The number of carbonyl (C=O) groups excluding carboxylic acids is 2. The van der Waals surface area contributed by atoms with E-state index in [1.807, 2.05) is 9.80 Å². The van der Waals surface area contributed by atoms with E-state index >= 15 is 0 Å². The number of nitrogens with one attached hydrogen (secondary N) is 1. The quantitative estimate of drug-likeness (QED) is 0.736. The van der Waals surface area contributed by atoms with Gasteiger partial charge < -0.3 is 10.2 Å². The van der Waals surface area contributed by atoms with Crippen molar-refractivity contribution in [3.8, 4) is 0 Å². The van der Waals surface area contributed by atoms with Crippen molar-refractivity contribution in [2.45, 2.75) is 18.7 Å². The number of halogens is 1. The van der Waals surface area contributed by atoms with E-state index in [1.165, 1.54) is 35.4 Å². The molecule has 0 aromatic heterocycles. The number of anilines is 1. The predicted molar refractivity (Wildman–Crippen MR) is 115 cm³/mol. The summed E-state index contributed by atoms with van der Waals surface area (Å²) in [6.07, 6.45) is 0. The van der Waals surface area contributed by atoms with E-state index in [4.69, 9.17) is 0 Å². The van der Waals surface area contributed by atoms with Gasteiger partial charge in [-0.25, -0.2) is 4.39 Å². The second-order valence-electron chi connectivity index (χ2n) is 7.27. The number of benzene rings is 2. The lowest BCUT2D eigenvalue weighted by Gasteiger charge is -2.34. The van der Waals surface area contributed by atoms with Gasteiger partial charge in [0.25, 0.3) is 0 Å². The monoisotopic (exact) mass is 415 g/mol. The van der Waals surface area contributed by atoms with E-state index in [1.54, 1.807) is 11.8 Å². The minimum atomic E-state index is -0.334. The van der Waals surface area contributed by atoms with E-state index in [2.05, 4.69) is 37.4 Å². The van der Waals surface area contributed by atoms with Gasteiger partial charge in [0.2, 0.25) is 11.8 Å². The third-order valence-corrected chi connectivity index (χ3v) is 6.06. The van der Waals surface area contributed by atoms with Gasteiger partial charge in [-0.05, 0) is 49.7 Å². The standard InChI is InChI=1S/C22H26FN3O2S/c1-16-3-4-17(2)20(13-16)29-15-22(28)26-11-9-25(10-12-26)14-21(27)24-19-7-5-18(23)6-8-19/h3-8,13H,9-12,14-15H2,1-2H3,(H,24,27). The van der Waals surface area contributed by atoms with Crippen molar-refractivity contribution in [1.82, 2.24) is 9.80 Å². The molecule has 29 heavy (non-hydrogen) atoms. The van der Waals surface area contributed by atoms with E-state index < -0.39 is 0 Å². The van der Waals surface area contributed by atoms with Gasteiger partial charge in [0.1, 0.15) is 5.82 Å². The second kappa shape index (κ2) is 9.89. The van der Waals surface area contributed by atoms with Gasteiger partial charge in [-0.2, -0.15) is 0 Å². The minimum Gasteiger partial charge on any atom is -0.339 e. The van der Waals surface area contributed by atoms with Crippen molar-refractivity contribution >= 4 is 29.3 Å². The van der Waals surface area contributed by atoms with E-state index in [0.29, 0.717) is 37.6 Å². The van der Waals surface area contributed by atoms with Crippen LogP contribution in [0.3, 0.4) is 0 Å². The smallest absolute Gasteiger partial charge is 0.238 e. The summed E-state index contributed by atoms with van der Waals surface area (Å²) in [5.41, 5.74) is 2.96. The zero-order valence-electron chi connectivity index (χ0n) is 16.8. The largest absolute Gasteiger partial charge is 0.339 e. The highest BCUT2D eigenvalue weighted by atomic mass is 32.2. The lowest BCUT2D eigenvalue weighted by Crippen LogP contribution is -2.50. The summed E-state index contributed by atoms with van der Waals surface area (Å²) in [6, 6.07) is 12.0. The van der Waals surface area contributed by atoms with Gasteiger partial charge in [0.05, 0.1) is 12.3 Å². The number of aryl methyl sites for hydroxylation is 2. The van der Waals surface area contributed by atoms with Gasteiger partial charge in [-0.1, -0.05) is 17.7 Å². The van der Waals surface area contributed by atoms with Crippen molar-refractivity contribution in [1.29, 1.82) is 0 Å². The molecular weight excluding hydrogens is 389 g/mol. The van der Waals surface area contributed by atoms with Gasteiger partial charge in [0, 0.05) is 36.8 Å². The number of carbonyl (C=O) groups is 2. The molecule has 0 unspecified atom stereocenters. The van der Waals surface area contributed by atoms with Crippen LogP contribution in [0.2, 0.25) is 0 Å². The second-order valence-corrected chi connectivity index (χ2v) is 8.29. The molecular formula is C22H26FN3O2S. The van der Waals surface area contributed by atoms with Crippen LogP contribution in [0, 0.1) is 19.7 Å². The maximum absolute atomic E-state index is 12.9. The molecule has 0 saturated carbocycles. The molecule has 7 heteroatoms. The van der Waals surface area contributed by atoms with Gasteiger partial charge in [0.15, 0.2) is 0 Å². The molecule has 0 bridgehead atoms. The molecule has 1 heterocycles. The average molecular weight is 416 g/mol. The molecule has 0 aliphatic carbocycles. The zero-order valence-corrected chi connectivity index (χ0v) is 17.6. The fourth-order valence-electron chi connectivity index (χ4n) is 3.19. The third kappa shape index (κ3) is 6.30. The highest BCUT2D eigenvalue weighted by Crippen LogP contribution is 2.24. The van der Waals surface area contributed by atoms with Gasteiger partial charge in [-0.15, -0.1) is 11.8 Å². The Hall–Kier alpha value is -2.38. The number of thioether (sulfide) groups is 1. The molecule has 0 atom stereocenters. The van der Waals surface area contributed by atoms with E-state index in [0.717, 1.165) is 4.90 Å². The molecule has 2 aromatic rings. The molecule has 1 N–H and O–H groups in total. The highest BCUT2D eigenvalue weighted by Gasteiger charge is 2.22. The molecule has 5 nitrogen and oxygen atoms in total. The summed E-state index contributed by atoms with van der Waals surface area (Å²) in [6.45, 7) is 6.94. The number of amides is 2. The van der Waals surface area contributed by atoms with Crippen molar-refractivity contribution < 1.29 is 14.0 Å². The summed E-state index contributed by atoms with van der Waals surface area (Å²) in [7, 11) is 0. The highest BCUT2D eigenvalue weighted by molar-refractivity contribution is 8.00. The Morgan fingerprint density at radius 1 is 1.03 bits per heavy atom. The lowest BCUT2D eigenvalue weighted by atomic mass is 10.2. The minimum absolute atomic E-state index is 0.131. The Morgan fingerprint density at radius 2 is 1.72 bits per heavy atom. The van der Waals surface area contributed by atoms with E-state index in [-0.39, 0.29) is 24.2 Å². The number of piperazine rings is 1. The first kappa shape index (κ1) is 21.3. The first-order valence-corrected chi connectivity index (χ1v) is 10.6. The van der Waals surface area contributed by atoms with Crippen LogP contribution in [-0.4, -0.2) is 60.1 Å². The van der Waals surface area contributed by atoms with Gasteiger partial charge in [-0.3, -0.25) is 14.5 Å². The first-order valence-electron chi connectivity index (χ1n) is 9.66. The molecule has 0 radical (unpaired) electrons. The molecule has 2 amide bonds. The van der Waals surface area contributed by atoms with Crippen LogP contribution in [0.4, 0.5) is 10.1 Å². The Balaban J connectivity index is 1.41. The molecule has 154 valence electrons. The summed E-state index contributed by atoms with van der Waals surface area (Å²) < 4.78 is 12.9. The molecule has 2 aromatic carbocycles. The SMILES string of the molecule is Cc1ccc(C)c(SCC(=O)N2CCN(CC(=O)Nc3ccc(F)cc3)CC2)c1. The van der Waals surface area contributed by atoms with Crippen molar-refractivity contribution in [3.63, 3.8) is 0 Å². The Bertz CT molecular complexity index is 865. The summed E-state index contributed by atoms with van der Waals surface area (Å²) >= 11 is 1.58. The third-order valence-electron chi connectivity index (χ3n) is 4.91. The molecule has 1 aliphatic rings. The summed E-state index contributed by atoms with van der Waals surface area (Å²) in [4.78, 5) is 29.8. The Morgan fingerprint density at radius 3 is 2.41 bits per heavy atom. The fourth-order valence-corrected chi connectivity index (χ4v) is 4.21. The van der Waals surface area contributed by atoms with Crippen LogP contribution in [0.15, 0.2) is 47.4 Å². The number of rotatable bonds is 6. The van der Waals surface area contributed by atoms with Crippen molar-refractivity contribution in [3.05, 3.63) is 59.4 Å². The van der Waals surface area contributed by atoms with Gasteiger partial charge >= 0.3 is 0 Å². The topological polar surface area (TPSA) is 52.7 Å². The van der Waals surface area contributed by atoms with Crippen LogP contribution >= 0.6 is 11.8 Å². The van der Waals surface area contributed by atoms with Crippen LogP contribution in [0.1, 0.15) is 11.1 Å².